The quantitative estimate of drug-likeness (QED) is 0.374. The minimum absolute atomic E-state index is 0.0615. The highest BCUT2D eigenvalue weighted by atomic mass is 32.2. The number of piperidine rings is 1. The van der Waals surface area contributed by atoms with Crippen molar-refractivity contribution >= 4 is 27.8 Å². The molecule has 1 fully saturated rings. The number of nitrogens with zero attached hydrogens (tertiary/aromatic N) is 1. The van der Waals surface area contributed by atoms with Crippen LogP contribution in [-0.2, 0) is 24.4 Å². The normalized spacial score (nSPS) is 17.8. The van der Waals surface area contributed by atoms with E-state index in [1.807, 2.05) is 20.8 Å². The number of benzene rings is 1. The van der Waals surface area contributed by atoms with Crippen LogP contribution < -0.4 is 10.0 Å². The summed E-state index contributed by atoms with van der Waals surface area (Å²) in [6.07, 6.45) is -0.313. The molecule has 1 heterocycles. The minimum Gasteiger partial charge on any atom is -0.480 e. The number of carbonyl (C=O) groups is 3. The molecule has 0 radical (unpaired) electrons. The fraction of sp³-hybridized carbons (Fsp3) is 0.609. The van der Waals surface area contributed by atoms with Crippen LogP contribution in [0.15, 0.2) is 29.2 Å². The summed E-state index contributed by atoms with van der Waals surface area (Å²) in [6, 6.07) is 4.03. The molecule has 190 valence electrons. The van der Waals surface area contributed by atoms with E-state index in [4.69, 9.17) is 5.11 Å². The number of aliphatic hydroxyl groups excluding tert-OH is 1. The summed E-state index contributed by atoms with van der Waals surface area (Å²) in [4.78, 5) is 38.5. The Morgan fingerprint density at radius 2 is 1.65 bits per heavy atom. The molecule has 10 nitrogen and oxygen atoms in total. The first-order valence-electron chi connectivity index (χ1n) is 11.4. The molecule has 0 aliphatic carbocycles. The number of aliphatic carboxylic acids is 1. The summed E-state index contributed by atoms with van der Waals surface area (Å²) in [5.74, 6) is -2.60. The number of carbonyl (C=O) groups excluding carboxylic acids is 2. The molecular formula is C23H35N3O7S. The van der Waals surface area contributed by atoms with Crippen LogP contribution in [0.5, 0.6) is 0 Å². The predicted octanol–water partition coefficient (Wildman–Crippen LogP) is 0.877. The molecule has 0 spiro atoms. The Labute approximate surface area is 200 Å². The number of hydrogen-bond donors (Lipinski definition) is 4. The first kappa shape index (κ1) is 27.7. The molecule has 3 atom stereocenters. The average Bonchev–Trinajstić information content (AvgIpc) is 2.75. The van der Waals surface area contributed by atoms with Crippen LogP contribution in [-0.4, -0.2) is 72.6 Å². The van der Waals surface area contributed by atoms with Crippen LogP contribution in [0.1, 0.15) is 45.6 Å². The largest absolute Gasteiger partial charge is 0.480 e. The number of aryl methyl sites for hydroxylation is 1. The number of hydrogen-bond acceptors (Lipinski definition) is 6. The highest BCUT2D eigenvalue weighted by Gasteiger charge is 2.35. The Kier molecular flexibility index (Phi) is 9.60. The second-order valence-corrected chi connectivity index (χ2v) is 11.0. The zero-order chi connectivity index (χ0) is 25.6. The van der Waals surface area contributed by atoms with Crippen LogP contribution in [0.2, 0.25) is 0 Å². The minimum atomic E-state index is -3.90. The van der Waals surface area contributed by atoms with Gasteiger partial charge in [-0.2, -0.15) is 4.72 Å². The Bertz CT molecular complexity index is 969. The van der Waals surface area contributed by atoms with Crippen LogP contribution >= 0.6 is 0 Å². The van der Waals surface area contributed by atoms with Gasteiger partial charge in [0.05, 0.1) is 11.0 Å². The fourth-order valence-corrected chi connectivity index (χ4v) is 5.09. The zero-order valence-electron chi connectivity index (χ0n) is 20.0. The van der Waals surface area contributed by atoms with E-state index < -0.39 is 46.0 Å². The van der Waals surface area contributed by atoms with Crippen molar-refractivity contribution in [3.63, 3.8) is 0 Å². The topological polar surface area (TPSA) is 153 Å². The van der Waals surface area contributed by atoms with Crippen LogP contribution in [0.25, 0.3) is 0 Å². The van der Waals surface area contributed by atoms with Gasteiger partial charge in [0.25, 0.3) is 0 Å². The van der Waals surface area contributed by atoms with E-state index >= 15 is 0 Å². The van der Waals surface area contributed by atoms with E-state index in [9.17, 15) is 27.9 Å². The average molecular weight is 498 g/mol. The second kappa shape index (κ2) is 11.8. The van der Waals surface area contributed by atoms with E-state index in [0.717, 1.165) is 5.56 Å². The van der Waals surface area contributed by atoms with E-state index in [2.05, 4.69) is 10.0 Å². The molecule has 1 aromatic rings. The maximum atomic E-state index is 13.2. The lowest BCUT2D eigenvalue weighted by atomic mass is 9.94. The standard InChI is InChI=1S/C23H35N3O7S/c1-14(2)13-19(25-34(32,33)18-7-5-15(3)6-8-18)22(29)26-11-9-17(10-12-26)21(28)24-20(16(4)27)23(30)31/h5-8,14,16-17,19-20,25,27H,9-13H2,1-4H3,(H,24,28)(H,30,31)/t16?,19-,20-/m0/s1. The Morgan fingerprint density at radius 3 is 2.12 bits per heavy atom. The maximum absolute atomic E-state index is 13.2. The molecule has 1 aliphatic heterocycles. The summed E-state index contributed by atoms with van der Waals surface area (Å²) in [5.41, 5.74) is 0.920. The second-order valence-electron chi connectivity index (χ2n) is 9.28. The van der Waals surface area contributed by atoms with Crippen molar-refractivity contribution in [2.75, 3.05) is 13.1 Å². The number of rotatable bonds is 10. The van der Waals surface area contributed by atoms with Crippen molar-refractivity contribution < 1.29 is 33.0 Å². The van der Waals surface area contributed by atoms with E-state index in [0.29, 0.717) is 19.3 Å². The van der Waals surface area contributed by atoms with Gasteiger partial charge in [-0.25, -0.2) is 13.2 Å². The lowest BCUT2D eigenvalue weighted by Crippen LogP contribution is -2.53. The third kappa shape index (κ3) is 7.51. The van der Waals surface area contributed by atoms with Crippen molar-refractivity contribution in [2.24, 2.45) is 11.8 Å². The fourth-order valence-electron chi connectivity index (χ4n) is 3.89. The number of carboxylic acid groups (broad SMARTS) is 1. The molecule has 2 amide bonds. The van der Waals surface area contributed by atoms with Gasteiger partial charge < -0.3 is 20.4 Å². The van der Waals surface area contributed by atoms with Gasteiger partial charge in [0.15, 0.2) is 6.04 Å². The molecule has 1 aromatic carbocycles. The van der Waals surface area contributed by atoms with Gasteiger partial charge in [-0.1, -0.05) is 31.5 Å². The molecule has 4 N–H and O–H groups in total. The highest BCUT2D eigenvalue weighted by molar-refractivity contribution is 7.89. The number of amides is 2. The molecule has 0 aromatic heterocycles. The smallest absolute Gasteiger partial charge is 0.328 e. The van der Waals surface area contributed by atoms with Crippen molar-refractivity contribution in [2.45, 2.75) is 70.0 Å². The first-order valence-corrected chi connectivity index (χ1v) is 12.9. The van der Waals surface area contributed by atoms with E-state index in [1.165, 1.54) is 24.0 Å². The summed E-state index contributed by atoms with van der Waals surface area (Å²) in [6.45, 7) is 7.42. The van der Waals surface area contributed by atoms with Crippen LogP contribution in [0.3, 0.4) is 0 Å². The summed E-state index contributed by atoms with van der Waals surface area (Å²) in [5, 5.41) is 21.1. The van der Waals surface area contributed by atoms with Gasteiger partial charge in [-0.05, 0) is 51.2 Å². The third-order valence-corrected chi connectivity index (χ3v) is 7.35. The summed E-state index contributed by atoms with van der Waals surface area (Å²) in [7, 11) is -3.90. The molecule has 2 rings (SSSR count). The number of likely N-dealkylation sites (tertiary alicyclic amines) is 1. The molecule has 34 heavy (non-hydrogen) atoms. The number of aliphatic hydroxyl groups is 1. The predicted molar refractivity (Wildman–Crippen MR) is 125 cm³/mol. The van der Waals surface area contributed by atoms with Crippen LogP contribution in [0, 0.1) is 18.8 Å². The summed E-state index contributed by atoms with van der Waals surface area (Å²) < 4.78 is 28.3. The van der Waals surface area contributed by atoms with Gasteiger partial charge in [-0.3, -0.25) is 9.59 Å². The Hall–Kier alpha value is -2.50. The Morgan fingerprint density at radius 1 is 1.09 bits per heavy atom. The lowest BCUT2D eigenvalue weighted by Gasteiger charge is -2.34. The third-order valence-electron chi connectivity index (χ3n) is 5.86. The molecule has 1 saturated heterocycles. The van der Waals surface area contributed by atoms with Crippen molar-refractivity contribution in [1.29, 1.82) is 0 Å². The lowest BCUT2D eigenvalue weighted by molar-refractivity contribution is -0.146. The number of nitrogens with one attached hydrogen (secondary N) is 2. The Balaban J connectivity index is 2.05. The van der Waals surface area contributed by atoms with Crippen LogP contribution in [0.4, 0.5) is 0 Å². The molecule has 0 saturated carbocycles. The van der Waals surface area contributed by atoms with E-state index in [-0.39, 0.29) is 29.8 Å². The number of sulfonamides is 1. The molecule has 1 aliphatic rings. The van der Waals surface area contributed by atoms with Crippen molar-refractivity contribution in [3.8, 4) is 0 Å². The monoisotopic (exact) mass is 497 g/mol. The molecule has 1 unspecified atom stereocenters. The first-order chi connectivity index (χ1) is 15.8. The van der Waals surface area contributed by atoms with Gasteiger partial charge in [0.1, 0.15) is 6.04 Å². The molecular weight excluding hydrogens is 462 g/mol. The van der Waals surface area contributed by atoms with Gasteiger partial charge in [-0.15, -0.1) is 0 Å². The SMILES string of the molecule is Cc1ccc(S(=O)(=O)N[C@@H](CC(C)C)C(=O)N2CCC(C(=O)N[C@H](C(=O)O)C(C)O)CC2)cc1. The van der Waals surface area contributed by atoms with Gasteiger partial charge in [0.2, 0.25) is 21.8 Å². The van der Waals surface area contributed by atoms with Gasteiger partial charge >= 0.3 is 5.97 Å². The van der Waals surface area contributed by atoms with Crippen molar-refractivity contribution in [1.82, 2.24) is 14.9 Å². The van der Waals surface area contributed by atoms with Gasteiger partial charge in [0, 0.05) is 19.0 Å². The zero-order valence-corrected chi connectivity index (χ0v) is 20.8. The maximum Gasteiger partial charge on any atom is 0.328 e. The van der Waals surface area contributed by atoms with Crippen molar-refractivity contribution in [3.05, 3.63) is 29.8 Å². The van der Waals surface area contributed by atoms with E-state index in [1.54, 1.807) is 12.1 Å². The number of carboxylic acids is 1. The molecule has 11 heteroatoms. The summed E-state index contributed by atoms with van der Waals surface area (Å²) >= 11 is 0. The highest BCUT2D eigenvalue weighted by Crippen LogP contribution is 2.21. The molecule has 0 bridgehead atoms.